The van der Waals surface area contributed by atoms with Gasteiger partial charge in [0.2, 0.25) is 0 Å². The van der Waals surface area contributed by atoms with Crippen LogP contribution >= 0.6 is 0 Å². The van der Waals surface area contributed by atoms with Crippen molar-refractivity contribution in [1.82, 2.24) is 0 Å². The fourth-order valence-electron chi connectivity index (χ4n) is 7.99. The third-order valence-electron chi connectivity index (χ3n) is 8.61. The molecule has 0 radical (unpaired) electrons. The number of hydrogen-bond donors (Lipinski definition) is 5. The van der Waals surface area contributed by atoms with E-state index < -0.39 is 10.4 Å². The molecule has 0 saturated heterocycles. The lowest BCUT2D eigenvalue weighted by molar-refractivity contribution is -0.132. The Bertz CT molecular complexity index is 632. The second-order valence-electron chi connectivity index (χ2n) is 10.7. The van der Waals surface area contributed by atoms with Crippen molar-refractivity contribution in [2.24, 2.45) is 52.9 Å². The molecule has 0 aromatic heterocycles. The maximum absolute atomic E-state index is 10.2. The molecule has 2 atom stereocenters. The molecular weight excluding hydrogens is 380 g/mol. The Balaban J connectivity index is 0.000000112. The predicted octanol–water partition coefficient (Wildman–Crippen LogP) is 2.00. The molecule has 7 N–H and O–H groups in total. The van der Waals surface area contributed by atoms with Crippen LogP contribution in [0, 0.1) is 41.4 Å². The molecule has 8 aliphatic rings. The Morgan fingerprint density at radius 2 is 1.00 bits per heavy atom. The third-order valence-corrected chi connectivity index (χ3v) is 8.61. The first-order valence-electron chi connectivity index (χ1n) is 10.9. The monoisotopic (exact) mass is 416 g/mol. The molecule has 0 aromatic rings. The van der Waals surface area contributed by atoms with Crippen LogP contribution in [0.1, 0.15) is 64.2 Å². The smallest absolute Gasteiger partial charge is 0.390 e. The van der Waals surface area contributed by atoms with E-state index >= 15 is 0 Å². The predicted molar refractivity (Wildman–Crippen MR) is 106 cm³/mol. The van der Waals surface area contributed by atoms with Crippen molar-refractivity contribution in [2.45, 2.75) is 81.9 Å². The molecule has 0 aromatic carbocycles. The van der Waals surface area contributed by atoms with E-state index in [1.807, 2.05) is 0 Å². The van der Waals surface area contributed by atoms with Gasteiger partial charge in [0.05, 0.1) is 5.60 Å². The van der Waals surface area contributed by atoms with E-state index in [-0.39, 0.29) is 5.60 Å². The topological polar surface area (TPSA) is 147 Å². The molecule has 0 heterocycles. The van der Waals surface area contributed by atoms with Gasteiger partial charge in [0.1, 0.15) is 0 Å². The summed E-state index contributed by atoms with van der Waals surface area (Å²) in [5.41, 5.74) is 12.0. The molecule has 0 spiro atoms. The highest BCUT2D eigenvalue weighted by Gasteiger charge is 2.53. The van der Waals surface area contributed by atoms with Gasteiger partial charge in [-0.05, 0) is 106 Å². The maximum Gasteiger partial charge on any atom is 0.394 e. The van der Waals surface area contributed by atoms with Gasteiger partial charge in [0.15, 0.2) is 0 Å². The fraction of sp³-hybridized carbons (Fsp3) is 1.00. The van der Waals surface area contributed by atoms with Gasteiger partial charge in [0, 0.05) is 12.1 Å². The first-order chi connectivity index (χ1) is 13.0. The highest BCUT2D eigenvalue weighted by molar-refractivity contribution is 7.79. The third kappa shape index (κ3) is 4.57. The highest BCUT2D eigenvalue weighted by Crippen LogP contribution is 2.55. The molecule has 8 rings (SSSR count). The summed E-state index contributed by atoms with van der Waals surface area (Å²) in [5.74, 6) is 6.09. The van der Waals surface area contributed by atoms with E-state index in [4.69, 9.17) is 29.0 Å². The van der Waals surface area contributed by atoms with Crippen LogP contribution in [0.2, 0.25) is 0 Å². The normalized spacial score (nSPS) is 52.5. The molecule has 8 fully saturated rings. The van der Waals surface area contributed by atoms with Crippen LogP contribution in [0.5, 0.6) is 0 Å². The van der Waals surface area contributed by atoms with Gasteiger partial charge >= 0.3 is 10.4 Å². The maximum atomic E-state index is 10.2. The SMILES string of the molecule is NC1C2CC3CC(C2)CC1C3.NC1C2CC3CC1CC(O)(C3)C2.O=S(=O)(O)O. The zero-order chi connectivity index (χ0) is 20.3. The molecule has 8 aliphatic carbocycles. The van der Waals surface area contributed by atoms with Crippen molar-refractivity contribution in [3.8, 4) is 0 Å². The van der Waals surface area contributed by atoms with Crippen LogP contribution in [0.3, 0.4) is 0 Å². The Hall–Kier alpha value is -0.250. The quantitative estimate of drug-likeness (QED) is 0.379. The minimum Gasteiger partial charge on any atom is -0.390 e. The van der Waals surface area contributed by atoms with Gasteiger partial charge in [-0.25, -0.2) is 0 Å². The Kier molecular flexibility index (Phi) is 5.60. The van der Waals surface area contributed by atoms with Gasteiger partial charge in [-0.1, -0.05) is 0 Å². The van der Waals surface area contributed by atoms with Gasteiger partial charge < -0.3 is 16.6 Å². The summed E-state index contributed by atoms with van der Waals surface area (Å²) in [6, 6.07) is 0.990. The molecule has 8 heteroatoms. The van der Waals surface area contributed by atoms with E-state index in [1.165, 1.54) is 38.5 Å². The Morgan fingerprint density at radius 3 is 1.39 bits per heavy atom. The van der Waals surface area contributed by atoms with E-state index in [2.05, 4.69) is 0 Å². The summed E-state index contributed by atoms with van der Waals surface area (Å²) >= 11 is 0. The fourth-order valence-corrected chi connectivity index (χ4v) is 7.99. The van der Waals surface area contributed by atoms with Gasteiger partial charge in [-0.3, -0.25) is 9.11 Å². The van der Waals surface area contributed by atoms with E-state index in [0.717, 1.165) is 48.9 Å². The standard InChI is InChI=1S/C10H17NO.C10H17N.H2O4S/c11-9-7-1-6-2-8(9)5-10(12,3-6)4-7;11-10-8-2-6-1-7(4-8)5-9(10)3-6;1-5(2,3)4/h6-9,12H,1-5,11H2;6-10H,1-5,11H2;(H2,1,2,3,4). The molecule has 7 nitrogen and oxygen atoms in total. The minimum absolute atomic E-state index is 0.299. The number of nitrogens with two attached hydrogens (primary N) is 2. The van der Waals surface area contributed by atoms with Crippen LogP contribution in [0.4, 0.5) is 0 Å². The van der Waals surface area contributed by atoms with Crippen LogP contribution in [0.15, 0.2) is 0 Å². The lowest BCUT2D eigenvalue weighted by Gasteiger charge is -2.57. The van der Waals surface area contributed by atoms with Crippen molar-refractivity contribution in [2.75, 3.05) is 0 Å². The van der Waals surface area contributed by atoms with Crippen LogP contribution in [-0.4, -0.2) is 40.3 Å². The summed E-state index contributed by atoms with van der Waals surface area (Å²) in [7, 11) is -4.67. The highest BCUT2D eigenvalue weighted by atomic mass is 32.3. The second-order valence-corrected chi connectivity index (χ2v) is 11.6. The van der Waals surface area contributed by atoms with Crippen molar-refractivity contribution in [1.29, 1.82) is 0 Å². The summed E-state index contributed by atoms with van der Waals surface area (Å²) in [4.78, 5) is 0. The summed E-state index contributed by atoms with van der Waals surface area (Å²) < 4.78 is 31.6. The van der Waals surface area contributed by atoms with E-state index in [9.17, 15) is 5.11 Å². The number of hydrogen-bond acceptors (Lipinski definition) is 5. The number of rotatable bonds is 0. The summed E-state index contributed by atoms with van der Waals surface area (Å²) in [6.45, 7) is 0. The first kappa shape index (κ1) is 21.0. The molecule has 28 heavy (non-hydrogen) atoms. The minimum atomic E-state index is -4.67. The molecule has 8 bridgehead atoms. The average molecular weight is 417 g/mol. The van der Waals surface area contributed by atoms with Crippen LogP contribution in [0.25, 0.3) is 0 Å². The molecule has 0 aliphatic heterocycles. The van der Waals surface area contributed by atoms with Crippen LogP contribution in [-0.2, 0) is 10.4 Å². The first-order valence-corrected chi connectivity index (χ1v) is 12.3. The van der Waals surface area contributed by atoms with Crippen molar-refractivity contribution >= 4 is 10.4 Å². The average Bonchev–Trinajstić information content (AvgIpc) is 2.54. The summed E-state index contributed by atoms with van der Waals surface area (Å²) in [5, 5.41) is 10.2. The second kappa shape index (κ2) is 7.46. The molecular formula is C20H36N2O5S. The van der Waals surface area contributed by atoms with Crippen molar-refractivity contribution in [3.05, 3.63) is 0 Å². The Labute approximate surface area is 168 Å². The zero-order valence-corrected chi connectivity index (χ0v) is 17.3. The zero-order valence-electron chi connectivity index (χ0n) is 16.5. The lowest BCUT2D eigenvalue weighted by atomic mass is 9.52. The lowest BCUT2D eigenvalue weighted by Crippen LogP contribution is -2.59. The molecule has 162 valence electrons. The number of aliphatic hydroxyl groups is 1. The van der Waals surface area contributed by atoms with Crippen molar-refractivity contribution in [3.63, 3.8) is 0 Å². The molecule has 0 amide bonds. The largest absolute Gasteiger partial charge is 0.394 e. The molecule has 2 unspecified atom stereocenters. The summed E-state index contributed by atoms with van der Waals surface area (Å²) in [6.07, 6.45) is 13.0. The van der Waals surface area contributed by atoms with E-state index in [0.29, 0.717) is 23.9 Å². The van der Waals surface area contributed by atoms with Crippen LogP contribution < -0.4 is 11.5 Å². The van der Waals surface area contributed by atoms with E-state index in [1.54, 1.807) is 6.42 Å². The Morgan fingerprint density at radius 1 is 0.643 bits per heavy atom. The van der Waals surface area contributed by atoms with Crippen molar-refractivity contribution < 1.29 is 22.6 Å². The van der Waals surface area contributed by atoms with Gasteiger partial charge in [0.25, 0.3) is 0 Å². The van der Waals surface area contributed by atoms with Gasteiger partial charge in [-0.15, -0.1) is 0 Å². The molecule has 8 saturated carbocycles. The van der Waals surface area contributed by atoms with Gasteiger partial charge in [-0.2, -0.15) is 8.42 Å².